The van der Waals surface area contributed by atoms with Gasteiger partial charge in [-0.05, 0) is 34.1 Å². The van der Waals surface area contributed by atoms with Gasteiger partial charge in [-0.15, -0.1) is 0 Å². The van der Waals surface area contributed by atoms with Gasteiger partial charge in [0.1, 0.15) is 0 Å². The molecule has 0 atom stereocenters. The van der Waals surface area contributed by atoms with E-state index in [4.69, 9.17) is 0 Å². The summed E-state index contributed by atoms with van der Waals surface area (Å²) in [7, 11) is 0. The first-order valence-electron chi connectivity index (χ1n) is 9.15. The molecule has 0 saturated carbocycles. The lowest BCUT2D eigenvalue weighted by molar-refractivity contribution is 0.611. The quantitative estimate of drug-likeness (QED) is 0.647. The Labute approximate surface area is 147 Å². The molecule has 2 heteroatoms. The van der Waals surface area contributed by atoms with Crippen LogP contribution in [0.3, 0.4) is 0 Å². The molecule has 24 heavy (non-hydrogen) atoms. The third-order valence-corrected chi connectivity index (χ3v) is 4.43. The Morgan fingerprint density at radius 2 is 0.917 bits per heavy atom. The molecule has 0 radical (unpaired) electrons. The molecule has 0 saturated heterocycles. The molecule has 2 N–H and O–H groups in total. The highest BCUT2D eigenvalue weighted by molar-refractivity contribution is 5.25. The summed E-state index contributed by atoms with van der Waals surface area (Å²) in [6, 6.07) is 17.9. The molecule has 0 fully saturated rings. The summed E-state index contributed by atoms with van der Waals surface area (Å²) < 4.78 is 0. The average Bonchev–Trinajstić information content (AvgIpc) is 2.58. The number of rotatable bonds is 9. The van der Waals surface area contributed by atoms with Gasteiger partial charge in [-0.1, -0.05) is 76.2 Å². The highest BCUT2D eigenvalue weighted by atomic mass is 14.9. The standard InChI is InChI=1S/C22H32N2/c1-17(2)21-9-5-19(6-10-21)15-23-13-14-24-16-20-7-11-22(12-8-20)18(3)4/h5-12,17-18,23-24H,13-16H2,1-4H3. The second kappa shape index (κ2) is 9.61. The average molecular weight is 325 g/mol. The Morgan fingerprint density at radius 1 is 0.583 bits per heavy atom. The van der Waals surface area contributed by atoms with Crippen molar-refractivity contribution in [2.75, 3.05) is 13.1 Å². The lowest BCUT2D eigenvalue weighted by atomic mass is 10.0. The molecule has 2 rings (SSSR count). The van der Waals surface area contributed by atoms with Gasteiger partial charge >= 0.3 is 0 Å². The van der Waals surface area contributed by atoms with Crippen LogP contribution >= 0.6 is 0 Å². The van der Waals surface area contributed by atoms with Crippen LogP contribution in [0.15, 0.2) is 48.5 Å². The van der Waals surface area contributed by atoms with Crippen LogP contribution in [-0.4, -0.2) is 13.1 Å². The van der Waals surface area contributed by atoms with Crippen LogP contribution in [0.4, 0.5) is 0 Å². The molecule has 0 aliphatic heterocycles. The van der Waals surface area contributed by atoms with Crippen LogP contribution in [0.25, 0.3) is 0 Å². The van der Waals surface area contributed by atoms with E-state index in [1.807, 2.05) is 0 Å². The van der Waals surface area contributed by atoms with E-state index in [-0.39, 0.29) is 0 Å². The van der Waals surface area contributed by atoms with Gasteiger partial charge in [0.15, 0.2) is 0 Å². The summed E-state index contributed by atoms with van der Waals surface area (Å²) in [5.41, 5.74) is 5.51. The van der Waals surface area contributed by atoms with Crippen molar-refractivity contribution in [1.29, 1.82) is 0 Å². The predicted octanol–water partition coefficient (Wildman–Crippen LogP) is 4.81. The second-order valence-electron chi connectivity index (χ2n) is 7.15. The van der Waals surface area contributed by atoms with Crippen LogP contribution in [0, 0.1) is 0 Å². The maximum Gasteiger partial charge on any atom is 0.0206 e. The van der Waals surface area contributed by atoms with E-state index >= 15 is 0 Å². The third kappa shape index (κ3) is 6.10. The van der Waals surface area contributed by atoms with Crippen LogP contribution in [0.5, 0.6) is 0 Å². The van der Waals surface area contributed by atoms with Gasteiger partial charge in [-0.25, -0.2) is 0 Å². The summed E-state index contributed by atoms with van der Waals surface area (Å²) in [6.07, 6.45) is 0. The smallest absolute Gasteiger partial charge is 0.0206 e. The minimum absolute atomic E-state index is 0.603. The molecular weight excluding hydrogens is 292 g/mol. The largest absolute Gasteiger partial charge is 0.311 e. The Hall–Kier alpha value is -1.64. The summed E-state index contributed by atoms with van der Waals surface area (Å²) in [4.78, 5) is 0. The van der Waals surface area contributed by atoms with Crippen LogP contribution < -0.4 is 10.6 Å². The molecule has 0 aliphatic carbocycles. The van der Waals surface area contributed by atoms with Gasteiger partial charge in [-0.2, -0.15) is 0 Å². The summed E-state index contributed by atoms with van der Waals surface area (Å²) >= 11 is 0. The molecular formula is C22H32N2. The third-order valence-electron chi connectivity index (χ3n) is 4.43. The van der Waals surface area contributed by atoms with Crippen molar-refractivity contribution in [1.82, 2.24) is 10.6 Å². The van der Waals surface area contributed by atoms with Crippen LogP contribution in [0.1, 0.15) is 61.8 Å². The van der Waals surface area contributed by atoms with Gasteiger partial charge in [0.25, 0.3) is 0 Å². The SMILES string of the molecule is CC(C)c1ccc(CNCCNCc2ccc(C(C)C)cc2)cc1. The van der Waals surface area contributed by atoms with Crippen molar-refractivity contribution in [3.05, 3.63) is 70.8 Å². The molecule has 0 heterocycles. The van der Waals surface area contributed by atoms with Gasteiger partial charge < -0.3 is 10.6 Å². The Morgan fingerprint density at radius 3 is 1.21 bits per heavy atom. The van der Waals surface area contributed by atoms with Gasteiger partial charge in [-0.3, -0.25) is 0 Å². The lowest BCUT2D eigenvalue weighted by Gasteiger charge is -2.10. The van der Waals surface area contributed by atoms with Gasteiger partial charge in [0.2, 0.25) is 0 Å². The van der Waals surface area contributed by atoms with Crippen LogP contribution in [-0.2, 0) is 13.1 Å². The Kier molecular flexibility index (Phi) is 7.48. The maximum absolute atomic E-state index is 3.50. The van der Waals surface area contributed by atoms with E-state index < -0.39 is 0 Å². The molecule has 0 unspecified atom stereocenters. The number of nitrogens with one attached hydrogen (secondary N) is 2. The second-order valence-corrected chi connectivity index (χ2v) is 7.15. The van der Waals surface area contributed by atoms with E-state index in [0.717, 1.165) is 26.2 Å². The van der Waals surface area contributed by atoms with E-state index in [1.165, 1.54) is 22.3 Å². The first-order valence-corrected chi connectivity index (χ1v) is 9.15. The lowest BCUT2D eigenvalue weighted by Crippen LogP contribution is -2.26. The Balaban J connectivity index is 1.61. The van der Waals surface area contributed by atoms with E-state index in [2.05, 4.69) is 86.9 Å². The fraction of sp³-hybridized carbons (Fsp3) is 0.455. The fourth-order valence-electron chi connectivity index (χ4n) is 2.68. The zero-order chi connectivity index (χ0) is 17.4. The molecule has 2 nitrogen and oxygen atoms in total. The van der Waals surface area contributed by atoms with Crippen molar-refractivity contribution in [3.8, 4) is 0 Å². The molecule has 0 bridgehead atoms. The molecule has 0 aromatic heterocycles. The molecule has 2 aromatic rings. The number of benzene rings is 2. The van der Waals surface area contributed by atoms with Gasteiger partial charge in [0, 0.05) is 26.2 Å². The highest BCUT2D eigenvalue weighted by Gasteiger charge is 2.00. The maximum atomic E-state index is 3.50. The molecule has 2 aromatic carbocycles. The molecule has 0 aliphatic rings. The monoisotopic (exact) mass is 324 g/mol. The summed E-state index contributed by atoms with van der Waals surface area (Å²) in [5, 5.41) is 7.00. The highest BCUT2D eigenvalue weighted by Crippen LogP contribution is 2.15. The number of hydrogen-bond donors (Lipinski definition) is 2. The first-order chi connectivity index (χ1) is 11.6. The zero-order valence-corrected chi connectivity index (χ0v) is 15.6. The van der Waals surface area contributed by atoms with Gasteiger partial charge in [0.05, 0.1) is 0 Å². The van der Waals surface area contributed by atoms with Crippen molar-refractivity contribution in [2.24, 2.45) is 0 Å². The molecule has 0 spiro atoms. The molecule has 130 valence electrons. The van der Waals surface area contributed by atoms with Crippen molar-refractivity contribution >= 4 is 0 Å². The van der Waals surface area contributed by atoms with E-state index in [1.54, 1.807) is 0 Å². The first kappa shape index (κ1) is 18.7. The topological polar surface area (TPSA) is 24.1 Å². The van der Waals surface area contributed by atoms with Crippen molar-refractivity contribution < 1.29 is 0 Å². The minimum Gasteiger partial charge on any atom is -0.311 e. The summed E-state index contributed by atoms with van der Waals surface area (Å²) in [6.45, 7) is 12.8. The van der Waals surface area contributed by atoms with Crippen molar-refractivity contribution in [3.63, 3.8) is 0 Å². The fourth-order valence-corrected chi connectivity index (χ4v) is 2.68. The zero-order valence-electron chi connectivity index (χ0n) is 15.6. The number of hydrogen-bond acceptors (Lipinski definition) is 2. The van der Waals surface area contributed by atoms with E-state index in [0.29, 0.717) is 11.8 Å². The summed E-state index contributed by atoms with van der Waals surface area (Å²) in [5.74, 6) is 1.21. The van der Waals surface area contributed by atoms with Crippen molar-refractivity contribution in [2.45, 2.75) is 52.6 Å². The van der Waals surface area contributed by atoms with Crippen LogP contribution in [0.2, 0.25) is 0 Å². The van der Waals surface area contributed by atoms with E-state index in [9.17, 15) is 0 Å². The molecule has 0 amide bonds. The predicted molar refractivity (Wildman–Crippen MR) is 104 cm³/mol. The normalized spacial score (nSPS) is 11.4. The minimum atomic E-state index is 0.603. The Bertz CT molecular complexity index is 527.